The molecule has 0 saturated carbocycles. The van der Waals surface area contributed by atoms with E-state index in [1.807, 2.05) is 27.8 Å². The summed E-state index contributed by atoms with van der Waals surface area (Å²) < 4.78 is 10.7. The Kier molecular flexibility index (Phi) is 4.23. The maximum absolute atomic E-state index is 5.53. The normalized spacial score (nSPS) is 12.0. The summed E-state index contributed by atoms with van der Waals surface area (Å²) in [6, 6.07) is 0. The van der Waals surface area contributed by atoms with Crippen molar-refractivity contribution in [2.75, 3.05) is 20.2 Å². The fraction of sp³-hybridized carbons (Fsp3) is 0.800. The smallest absolute Gasteiger partial charge is 0.228 e. The molecule has 1 N–H and O–H groups in total. The molecule has 0 aliphatic heterocycles. The summed E-state index contributed by atoms with van der Waals surface area (Å²) in [5.74, 6) is 1.25. The van der Waals surface area contributed by atoms with Crippen molar-refractivity contribution in [2.45, 2.75) is 32.8 Å². The maximum Gasteiger partial charge on any atom is 0.228 e. The van der Waals surface area contributed by atoms with Crippen LogP contribution in [0.1, 0.15) is 32.5 Å². The highest BCUT2D eigenvalue weighted by Gasteiger charge is 2.26. The van der Waals surface area contributed by atoms with Crippen molar-refractivity contribution in [3.8, 4) is 0 Å². The van der Waals surface area contributed by atoms with E-state index < -0.39 is 5.60 Å². The molecule has 0 amide bonds. The summed E-state index contributed by atoms with van der Waals surface area (Å²) in [6.07, 6.45) is 0.742. The molecule has 86 valence electrons. The lowest BCUT2D eigenvalue weighted by Crippen LogP contribution is -2.23. The molecule has 0 atom stereocenters. The van der Waals surface area contributed by atoms with Gasteiger partial charge in [-0.1, -0.05) is 5.16 Å². The number of hydrogen-bond acceptors (Lipinski definition) is 5. The Balaban J connectivity index is 2.66. The third-order valence-electron chi connectivity index (χ3n) is 2.10. The van der Waals surface area contributed by atoms with Crippen LogP contribution in [0.15, 0.2) is 4.52 Å². The molecule has 0 radical (unpaired) electrons. The number of rotatable bonds is 6. The molecule has 5 nitrogen and oxygen atoms in total. The van der Waals surface area contributed by atoms with E-state index in [-0.39, 0.29) is 0 Å². The molecule has 0 saturated heterocycles. The lowest BCUT2D eigenvalue weighted by molar-refractivity contribution is -0.0221. The first kappa shape index (κ1) is 12.1. The van der Waals surface area contributed by atoms with Gasteiger partial charge in [0.05, 0.1) is 0 Å². The molecule has 15 heavy (non-hydrogen) atoms. The highest BCUT2D eigenvalue weighted by molar-refractivity contribution is 4.97. The molecule has 1 rings (SSSR count). The monoisotopic (exact) mass is 213 g/mol. The zero-order valence-electron chi connectivity index (χ0n) is 9.83. The summed E-state index contributed by atoms with van der Waals surface area (Å²) >= 11 is 0. The van der Waals surface area contributed by atoms with Crippen molar-refractivity contribution < 1.29 is 9.26 Å². The third-order valence-corrected chi connectivity index (χ3v) is 2.10. The van der Waals surface area contributed by atoms with Crippen LogP contribution in [0.5, 0.6) is 0 Å². The van der Waals surface area contributed by atoms with E-state index in [1.165, 1.54) is 0 Å². The van der Waals surface area contributed by atoms with Crippen LogP contribution in [0, 0.1) is 0 Å². The van der Waals surface area contributed by atoms with Crippen LogP contribution in [0.3, 0.4) is 0 Å². The summed E-state index contributed by atoms with van der Waals surface area (Å²) in [6.45, 7) is 7.28. The Hall–Kier alpha value is -0.940. The molecular formula is C10H19N3O2. The van der Waals surface area contributed by atoms with E-state index in [9.17, 15) is 0 Å². The van der Waals surface area contributed by atoms with E-state index in [0.29, 0.717) is 18.3 Å². The minimum absolute atomic E-state index is 0.476. The van der Waals surface area contributed by atoms with Crippen LogP contribution in [-0.2, 0) is 16.8 Å². The standard InChI is InChI=1S/C10H19N3O2/c1-5-14-10(2,3)9-12-8(15-13-9)6-7-11-4/h11H,5-7H2,1-4H3. The fourth-order valence-corrected chi connectivity index (χ4v) is 1.26. The molecule has 1 aromatic rings. The van der Waals surface area contributed by atoms with Crippen LogP contribution >= 0.6 is 0 Å². The van der Waals surface area contributed by atoms with Crippen LogP contribution in [0.4, 0.5) is 0 Å². The summed E-state index contributed by atoms with van der Waals surface area (Å²) in [4.78, 5) is 4.30. The Morgan fingerprint density at radius 1 is 1.47 bits per heavy atom. The Morgan fingerprint density at radius 3 is 2.80 bits per heavy atom. The van der Waals surface area contributed by atoms with Crippen LogP contribution in [-0.4, -0.2) is 30.3 Å². The molecule has 0 unspecified atom stereocenters. The lowest BCUT2D eigenvalue weighted by atomic mass is 10.1. The molecule has 0 aliphatic carbocycles. The van der Waals surface area contributed by atoms with Gasteiger partial charge in [-0.25, -0.2) is 0 Å². The van der Waals surface area contributed by atoms with Crippen molar-refractivity contribution >= 4 is 0 Å². The van der Waals surface area contributed by atoms with Crippen LogP contribution < -0.4 is 5.32 Å². The first-order valence-corrected chi connectivity index (χ1v) is 5.21. The Bertz CT molecular complexity index is 297. The van der Waals surface area contributed by atoms with E-state index in [0.717, 1.165) is 13.0 Å². The molecule has 1 heterocycles. The van der Waals surface area contributed by atoms with E-state index in [2.05, 4.69) is 15.5 Å². The first-order chi connectivity index (χ1) is 7.10. The molecule has 0 fully saturated rings. The number of likely N-dealkylation sites (N-methyl/N-ethyl adjacent to an activating group) is 1. The molecule has 0 aromatic carbocycles. The average molecular weight is 213 g/mol. The van der Waals surface area contributed by atoms with Crippen molar-refractivity contribution in [2.24, 2.45) is 0 Å². The van der Waals surface area contributed by atoms with Crippen molar-refractivity contribution in [1.29, 1.82) is 0 Å². The Morgan fingerprint density at radius 2 is 2.20 bits per heavy atom. The number of aromatic nitrogens is 2. The van der Waals surface area contributed by atoms with Gasteiger partial charge in [0, 0.05) is 19.6 Å². The van der Waals surface area contributed by atoms with Gasteiger partial charge in [-0.3, -0.25) is 0 Å². The van der Waals surface area contributed by atoms with Gasteiger partial charge >= 0.3 is 0 Å². The first-order valence-electron chi connectivity index (χ1n) is 5.21. The quantitative estimate of drug-likeness (QED) is 0.766. The van der Waals surface area contributed by atoms with Gasteiger partial charge in [0.1, 0.15) is 5.60 Å². The number of ether oxygens (including phenoxy) is 1. The number of hydrogen-bond donors (Lipinski definition) is 1. The van der Waals surface area contributed by atoms with Gasteiger partial charge in [0.15, 0.2) is 0 Å². The summed E-state index contributed by atoms with van der Waals surface area (Å²) in [5.41, 5.74) is -0.476. The molecule has 0 bridgehead atoms. The number of nitrogens with zero attached hydrogens (tertiary/aromatic N) is 2. The zero-order valence-corrected chi connectivity index (χ0v) is 9.83. The summed E-state index contributed by atoms with van der Waals surface area (Å²) in [7, 11) is 1.89. The van der Waals surface area contributed by atoms with E-state index in [4.69, 9.17) is 9.26 Å². The lowest BCUT2D eigenvalue weighted by Gasteiger charge is -2.19. The molecule has 0 aliphatic rings. The van der Waals surface area contributed by atoms with E-state index in [1.54, 1.807) is 0 Å². The molecule has 1 aromatic heterocycles. The van der Waals surface area contributed by atoms with Gasteiger partial charge in [-0.05, 0) is 27.8 Å². The minimum Gasteiger partial charge on any atom is -0.368 e. The van der Waals surface area contributed by atoms with Gasteiger partial charge < -0.3 is 14.6 Å². The topological polar surface area (TPSA) is 60.2 Å². The van der Waals surface area contributed by atoms with Gasteiger partial charge in [0.2, 0.25) is 11.7 Å². The van der Waals surface area contributed by atoms with Gasteiger partial charge in [-0.15, -0.1) is 0 Å². The van der Waals surface area contributed by atoms with Gasteiger partial charge in [-0.2, -0.15) is 4.98 Å². The van der Waals surface area contributed by atoms with Crippen molar-refractivity contribution in [3.05, 3.63) is 11.7 Å². The van der Waals surface area contributed by atoms with E-state index >= 15 is 0 Å². The average Bonchev–Trinajstić information content (AvgIpc) is 2.63. The van der Waals surface area contributed by atoms with Gasteiger partial charge in [0.25, 0.3) is 0 Å². The van der Waals surface area contributed by atoms with Crippen molar-refractivity contribution in [1.82, 2.24) is 15.5 Å². The zero-order chi connectivity index (χ0) is 11.3. The predicted molar refractivity (Wildman–Crippen MR) is 56.6 cm³/mol. The second-order valence-corrected chi connectivity index (χ2v) is 3.81. The molecule has 5 heteroatoms. The van der Waals surface area contributed by atoms with Crippen LogP contribution in [0.25, 0.3) is 0 Å². The fourth-order valence-electron chi connectivity index (χ4n) is 1.26. The second kappa shape index (κ2) is 5.23. The molecule has 0 spiro atoms. The highest BCUT2D eigenvalue weighted by Crippen LogP contribution is 2.21. The summed E-state index contributed by atoms with van der Waals surface area (Å²) in [5, 5.41) is 6.95. The minimum atomic E-state index is -0.476. The van der Waals surface area contributed by atoms with Crippen molar-refractivity contribution in [3.63, 3.8) is 0 Å². The second-order valence-electron chi connectivity index (χ2n) is 3.81. The largest absolute Gasteiger partial charge is 0.368 e. The maximum atomic E-state index is 5.53. The SMILES string of the molecule is CCOC(C)(C)c1noc(CCNC)n1. The molecular weight excluding hydrogens is 194 g/mol. The third kappa shape index (κ3) is 3.28. The Labute approximate surface area is 90.2 Å². The predicted octanol–water partition coefficient (Wildman–Crippen LogP) is 1.10. The van der Waals surface area contributed by atoms with Crippen LogP contribution in [0.2, 0.25) is 0 Å². The highest BCUT2D eigenvalue weighted by atomic mass is 16.5. The number of nitrogens with one attached hydrogen (secondary N) is 1.